The maximum atomic E-state index is 13.5. The summed E-state index contributed by atoms with van der Waals surface area (Å²) in [4.78, 5) is 11.5. The Morgan fingerprint density at radius 1 is 1.28 bits per heavy atom. The van der Waals surface area contributed by atoms with Crippen molar-refractivity contribution in [3.63, 3.8) is 0 Å². The first-order valence-electron chi connectivity index (χ1n) is 6.37. The molecule has 1 aromatic carbocycles. The van der Waals surface area contributed by atoms with Crippen molar-refractivity contribution in [2.45, 2.75) is 44.5 Å². The number of ether oxygens (including phenoxy) is 1. The first kappa shape index (κ1) is 12.9. The van der Waals surface area contributed by atoms with E-state index in [1.807, 2.05) is 30.3 Å². The summed E-state index contributed by atoms with van der Waals surface area (Å²) in [6.07, 6.45) is 1.62. The SMILES string of the molecule is O=C(N[C@H]1CCCC[C@H]1F)OCc1ccccc1. The van der Waals surface area contributed by atoms with Crippen LogP contribution in [-0.4, -0.2) is 18.3 Å². The summed E-state index contributed by atoms with van der Waals surface area (Å²) in [7, 11) is 0. The molecule has 0 heterocycles. The molecule has 4 heteroatoms. The molecule has 0 bridgehead atoms. The average molecular weight is 251 g/mol. The summed E-state index contributed by atoms with van der Waals surface area (Å²) in [5, 5.41) is 2.60. The fraction of sp³-hybridized carbons (Fsp3) is 0.500. The number of alkyl carbamates (subject to hydrolysis) is 1. The van der Waals surface area contributed by atoms with E-state index >= 15 is 0 Å². The molecule has 1 aromatic rings. The second-order valence-corrected chi connectivity index (χ2v) is 4.61. The summed E-state index contributed by atoms with van der Waals surface area (Å²) < 4.78 is 18.6. The Kier molecular flexibility index (Phi) is 4.56. The van der Waals surface area contributed by atoms with Crippen molar-refractivity contribution in [1.82, 2.24) is 5.32 Å². The third kappa shape index (κ3) is 3.72. The van der Waals surface area contributed by atoms with Crippen LogP contribution >= 0.6 is 0 Å². The molecule has 1 aliphatic rings. The summed E-state index contributed by atoms with van der Waals surface area (Å²) in [6, 6.07) is 9.05. The molecule has 1 N–H and O–H groups in total. The van der Waals surface area contributed by atoms with Crippen molar-refractivity contribution in [1.29, 1.82) is 0 Å². The molecule has 2 atom stereocenters. The van der Waals surface area contributed by atoms with Gasteiger partial charge in [0.1, 0.15) is 12.8 Å². The van der Waals surface area contributed by atoms with Crippen LogP contribution in [0.15, 0.2) is 30.3 Å². The molecule has 0 aromatic heterocycles. The van der Waals surface area contributed by atoms with Crippen LogP contribution in [0.25, 0.3) is 0 Å². The molecule has 1 saturated carbocycles. The lowest BCUT2D eigenvalue weighted by atomic mass is 9.94. The lowest BCUT2D eigenvalue weighted by Crippen LogP contribution is -2.43. The molecule has 0 radical (unpaired) electrons. The summed E-state index contributed by atoms with van der Waals surface area (Å²) in [6.45, 7) is 0.219. The normalized spacial score (nSPS) is 23.4. The maximum Gasteiger partial charge on any atom is 0.407 e. The van der Waals surface area contributed by atoms with Crippen molar-refractivity contribution in [3.05, 3.63) is 35.9 Å². The second-order valence-electron chi connectivity index (χ2n) is 4.61. The molecule has 1 fully saturated rings. The number of amides is 1. The highest BCUT2D eigenvalue weighted by molar-refractivity contribution is 5.67. The summed E-state index contributed by atoms with van der Waals surface area (Å²) in [5.74, 6) is 0. The molecule has 3 nitrogen and oxygen atoms in total. The molecule has 1 aliphatic carbocycles. The van der Waals surface area contributed by atoms with E-state index in [4.69, 9.17) is 4.74 Å². The number of alkyl halides is 1. The third-order valence-electron chi connectivity index (χ3n) is 3.20. The van der Waals surface area contributed by atoms with Crippen molar-refractivity contribution in [2.24, 2.45) is 0 Å². The number of halogens is 1. The van der Waals surface area contributed by atoms with Gasteiger partial charge in [0.2, 0.25) is 0 Å². The van der Waals surface area contributed by atoms with Gasteiger partial charge in [0.15, 0.2) is 0 Å². The van der Waals surface area contributed by atoms with Crippen LogP contribution in [0.1, 0.15) is 31.2 Å². The zero-order valence-corrected chi connectivity index (χ0v) is 10.3. The maximum absolute atomic E-state index is 13.5. The molecule has 1 amide bonds. The first-order chi connectivity index (χ1) is 8.75. The van der Waals surface area contributed by atoms with Gasteiger partial charge in [0.25, 0.3) is 0 Å². The van der Waals surface area contributed by atoms with E-state index in [9.17, 15) is 9.18 Å². The molecule has 2 rings (SSSR count). The largest absolute Gasteiger partial charge is 0.445 e. The lowest BCUT2D eigenvalue weighted by Gasteiger charge is -2.26. The predicted molar refractivity (Wildman–Crippen MR) is 66.9 cm³/mol. The van der Waals surface area contributed by atoms with Crippen molar-refractivity contribution in [3.8, 4) is 0 Å². The van der Waals surface area contributed by atoms with Gasteiger partial charge in [-0.05, 0) is 18.4 Å². The van der Waals surface area contributed by atoms with Gasteiger partial charge in [-0.3, -0.25) is 0 Å². The number of nitrogens with one attached hydrogen (secondary N) is 1. The Balaban J connectivity index is 1.75. The highest BCUT2D eigenvalue weighted by Gasteiger charge is 2.26. The molecule has 0 spiro atoms. The van der Waals surface area contributed by atoms with Gasteiger partial charge in [-0.15, -0.1) is 0 Å². The van der Waals surface area contributed by atoms with Crippen molar-refractivity contribution >= 4 is 6.09 Å². The van der Waals surface area contributed by atoms with Gasteiger partial charge in [-0.1, -0.05) is 43.2 Å². The summed E-state index contributed by atoms with van der Waals surface area (Å²) >= 11 is 0. The molecule has 0 unspecified atom stereocenters. The minimum absolute atomic E-state index is 0.219. The number of hydrogen-bond acceptors (Lipinski definition) is 2. The van der Waals surface area contributed by atoms with Gasteiger partial charge >= 0.3 is 6.09 Å². The minimum atomic E-state index is -0.942. The van der Waals surface area contributed by atoms with Crippen LogP contribution in [0.5, 0.6) is 0 Å². The van der Waals surface area contributed by atoms with E-state index < -0.39 is 12.3 Å². The highest BCUT2D eigenvalue weighted by Crippen LogP contribution is 2.21. The fourth-order valence-corrected chi connectivity index (χ4v) is 2.16. The van der Waals surface area contributed by atoms with Gasteiger partial charge in [0, 0.05) is 0 Å². The molecular formula is C14H18FNO2. The Morgan fingerprint density at radius 2 is 2.00 bits per heavy atom. The van der Waals surface area contributed by atoms with Crippen LogP contribution < -0.4 is 5.32 Å². The monoisotopic (exact) mass is 251 g/mol. The standard InChI is InChI=1S/C14H18FNO2/c15-12-8-4-5-9-13(12)16-14(17)18-10-11-6-2-1-3-7-11/h1-3,6-7,12-13H,4-5,8-10H2,(H,16,17)/t12-,13+/m1/s1. The van der Waals surface area contributed by atoms with Crippen LogP contribution in [0.3, 0.4) is 0 Å². The number of hydrogen-bond donors (Lipinski definition) is 1. The molecule has 0 saturated heterocycles. The van der Waals surface area contributed by atoms with E-state index in [2.05, 4.69) is 5.32 Å². The Labute approximate surface area is 106 Å². The fourth-order valence-electron chi connectivity index (χ4n) is 2.16. The van der Waals surface area contributed by atoms with Crippen LogP contribution in [0, 0.1) is 0 Å². The van der Waals surface area contributed by atoms with E-state index in [0.29, 0.717) is 12.8 Å². The van der Waals surface area contributed by atoms with Crippen molar-refractivity contribution < 1.29 is 13.9 Å². The molecule has 98 valence electrons. The van der Waals surface area contributed by atoms with Gasteiger partial charge in [0.05, 0.1) is 6.04 Å². The molecule has 18 heavy (non-hydrogen) atoms. The Hall–Kier alpha value is -1.58. The van der Waals surface area contributed by atoms with E-state index in [0.717, 1.165) is 18.4 Å². The summed E-state index contributed by atoms with van der Waals surface area (Å²) in [5.41, 5.74) is 0.924. The number of rotatable bonds is 3. The van der Waals surface area contributed by atoms with Gasteiger partial charge in [-0.2, -0.15) is 0 Å². The average Bonchev–Trinajstić information content (AvgIpc) is 2.40. The first-order valence-corrected chi connectivity index (χ1v) is 6.37. The topological polar surface area (TPSA) is 38.3 Å². The molecule has 0 aliphatic heterocycles. The molecular weight excluding hydrogens is 233 g/mol. The zero-order valence-electron chi connectivity index (χ0n) is 10.3. The third-order valence-corrected chi connectivity index (χ3v) is 3.20. The minimum Gasteiger partial charge on any atom is -0.445 e. The smallest absolute Gasteiger partial charge is 0.407 e. The quantitative estimate of drug-likeness (QED) is 0.896. The van der Waals surface area contributed by atoms with Crippen LogP contribution in [-0.2, 0) is 11.3 Å². The number of benzene rings is 1. The number of carbonyl (C=O) groups excluding carboxylic acids is 1. The van der Waals surface area contributed by atoms with Crippen LogP contribution in [0.4, 0.5) is 9.18 Å². The van der Waals surface area contributed by atoms with E-state index in [1.54, 1.807) is 0 Å². The number of carbonyl (C=O) groups is 1. The lowest BCUT2D eigenvalue weighted by molar-refractivity contribution is 0.119. The van der Waals surface area contributed by atoms with Gasteiger partial charge in [-0.25, -0.2) is 9.18 Å². The van der Waals surface area contributed by atoms with Crippen LogP contribution in [0.2, 0.25) is 0 Å². The predicted octanol–water partition coefficient (Wildman–Crippen LogP) is 3.19. The Bertz CT molecular complexity index is 383. The second kappa shape index (κ2) is 6.38. The van der Waals surface area contributed by atoms with E-state index in [1.165, 1.54) is 0 Å². The Morgan fingerprint density at radius 3 is 2.72 bits per heavy atom. The van der Waals surface area contributed by atoms with Gasteiger partial charge < -0.3 is 10.1 Å². The zero-order chi connectivity index (χ0) is 12.8. The van der Waals surface area contributed by atoms with E-state index in [-0.39, 0.29) is 12.6 Å². The highest BCUT2D eigenvalue weighted by atomic mass is 19.1. The van der Waals surface area contributed by atoms with Crippen molar-refractivity contribution in [2.75, 3.05) is 0 Å².